The Balaban J connectivity index is 0.0000000862. The van der Waals surface area contributed by atoms with Crippen LogP contribution in [0.5, 0.6) is 0 Å². The fourth-order valence-corrected chi connectivity index (χ4v) is 25.0. The van der Waals surface area contributed by atoms with E-state index >= 15 is 0 Å². The molecule has 0 radical (unpaired) electrons. The first-order chi connectivity index (χ1) is 65.5. The number of fused-ring (bicyclic) bond motifs is 56. The number of thiophene rings is 2. The summed E-state index contributed by atoms with van der Waals surface area (Å²) < 4.78 is 17.9. The van der Waals surface area contributed by atoms with Crippen molar-refractivity contribution >= 4 is 323 Å². The van der Waals surface area contributed by atoms with Crippen LogP contribution in [0.1, 0.15) is 0 Å². The maximum Gasteiger partial charge on any atom is 0.136 e. The maximum absolute atomic E-state index is 6.31. The largest absolute Gasteiger partial charge is 0.456 e. The van der Waals surface area contributed by atoms with Crippen LogP contribution in [0, 0.1) is 0 Å². The van der Waals surface area contributed by atoms with Crippen LogP contribution in [0.3, 0.4) is 0 Å². The van der Waals surface area contributed by atoms with Crippen LogP contribution in [0.15, 0.2) is 422 Å². The van der Waals surface area contributed by atoms with Gasteiger partial charge in [0.2, 0.25) is 0 Å². The Morgan fingerprint density at radius 2 is 0.341 bits per heavy atom. The number of hydrogen-bond donors (Lipinski definition) is 0. The summed E-state index contributed by atoms with van der Waals surface area (Å²) in [6.45, 7) is 0. The third-order valence-electron chi connectivity index (χ3n) is 28.2. The van der Waals surface area contributed by atoms with Crippen molar-refractivity contribution in [2.24, 2.45) is 0 Å². The average molecular weight is 1710 g/mol. The van der Waals surface area contributed by atoms with Crippen molar-refractivity contribution < 1.29 is 8.83 Å². The first-order valence-electron chi connectivity index (χ1n) is 44.9. The van der Waals surface area contributed by atoms with Crippen LogP contribution < -0.4 is 0 Å². The molecule has 6 nitrogen and oxygen atoms in total. The summed E-state index contributed by atoms with van der Waals surface area (Å²) in [4.78, 5) is 19.7. The normalized spacial score (nSPS) is 12.2. The van der Waals surface area contributed by atoms with E-state index in [2.05, 4.69) is 352 Å². The highest BCUT2D eigenvalue weighted by Gasteiger charge is 2.26. The predicted molar refractivity (Wildman–Crippen MR) is 567 cm³/mol. The van der Waals surface area contributed by atoms with Gasteiger partial charge in [-0.15, -0.1) is 22.7 Å². The standard InChI is InChI=1S/2C31H17NO.2C31H17NS/c1-3-11-21-18(8-1)19-9-2-4-12-22(19)30-29(21)26-16-25-20-10-5-6-14-27(20)33-28(25)17-24(26)23-13-7-15-32-31(23)30;1-3-11-21-18(8-1)19-9-2-4-12-22(19)30-29(21)26-17-28-25(20-10-5-6-14-27(20)33-28)16-24(26)23-13-7-15-32-31(23)30;1-3-11-21-18(8-1)19-9-2-4-12-22(19)30-29(21)26-16-25-20-10-5-6-14-27(20)33-28(25)17-24(26)23-13-7-15-32-31(23)30;1-3-11-21-18(8-1)19-9-2-4-12-22(19)30-29(21)26-17-28-25(20-10-5-6-14-27(20)33-28)16-24(26)23-13-7-15-32-31(23)30/h4*1-17H. The summed E-state index contributed by atoms with van der Waals surface area (Å²) in [6.07, 6.45) is 7.66. The lowest BCUT2D eigenvalue weighted by atomic mass is 9.88. The summed E-state index contributed by atoms with van der Waals surface area (Å²) in [5, 5.41) is 55.2. The van der Waals surface area contributed by atoms with Crippen molar-refractivity contribution in [3.05, 3.63) is 413 Å². The van der Waals surface area contributed by atoms with E-state index in [0.29, 0.717) is 0 Å². The molecule has 0 unspecified atom stereocenters. The highest BCUT2D eigenvalue weighted by atomic mass is 32.1. The van der Waals surface area contributed by atoms with Gasteiger partial charge in [-0.2, -0.15) is 0 Å². The van der Waals surface area contributed by atoms with Crippen LogP contribution >= 0.6 is 22.7 Å². The third-order valence-corrected chi connectivity index (χ3v) is 30.5. The van der Waals surface area contributed by atoms with Crippen LogP contribution in [0.2, 0.25) is 0 Å². The Hall–Kier alpha value is -16.9. The average Bonchev–Trinajstić information content (AvgIpc) is 1.16. The lowest BCUT2D eigenvalue weighted by Crippen LogP contribution is -1.89. The summed E-state index contributed by atoms with van der Waals surface area (Å²) >= 11 is 3.76. The molecule has 0 saturated carbocycles. The molecule has 132 heavy (non-hydrogen) atoms. The van der Waals surface area contributed by atoms with Crippen LogP contribution in [-0.4, -0.2) is 19.9 Å². The number of nitrogens with zero attached hydrogens (tertiary/aromatic N) is 4. The molecule has 0 fully saturated rings. The zero-order chi connectivity index (χ0) is 86.1. The van der Waals surface area contributed by atoms with E-state index in [-0.39, 0.29) is 0 Å². The fourth-order valence-electron chi connectivity index (χ4n) is 22.8. The quantitative estimate of drug-likeness (QED) is 0.141. The SMILES string of the molecule is c1ccc2c(c1)oc1cc3c(cc12)c1cccnc1c1c2ccccc2c2ccccc2c31.c1ccc2c(c1)oc1cc3c4cccnc4c4c5ccccc5c5ccccc5c4c3cc12.c1ccc2c(c1)sc1cc3c(cc12)c1cccnc1c1c2ccccc2c2ccccc2c31.c1ccc2c(c1)sc1cc3c4cccnc4c4c5ccccc5c5ccccc5c4c3cc12. The molecule has 0 aliphatic rings. The van der Waals surface area contributed by atoms with Crippen LogP contribution in [-0.2, 0) is 0 Å². The molecule has 0 aliphatic carbocycles. The maximum atomic E-state index is 6.31. The third kappa shape index (κ3) is 10.6. The number of rotatable bonds is 0. The van der Waals surface area contributed by atoms with E-state index in [4.69, 9.17) is 28.8 Å². The molecule has 0 amide bonds. The van der Waals surface area contributed by atoms with E-state index in [1.807, 2.05) is 83.9 Å². The minimum absolute atomic E-state index is 0.915. The number of hydrogen-bond acceptors (Lipinski definition) is 8. The van der Waals surface area contributed by atoms with Gasteiger partial charge in [-0.05, 0) is 226 Å². The monoisotopic (exact) mass is 1710 g/mol. The minimum atomic E-state index is 0.915. The second-order valence-corrected chi connectivity index (χ2v) is 37.1. The van der Waals surface area contributed by atoms with Crippen molar-refractivity contribution in [2.75, 3.05) is 0 Å². The van der Waals surface area contributed by atoms with Gasteiger partial charge in [0.25, 0.3) is 0 Å². The molecule has 24 aromatic carbocycles. The molecule has 0 aliphatic heterocycles. The van der Waals surface area contributed by atoms with Crippen molar-refractivity contribution in [2.45, 2.75) is 0 Å². The smallest absolute Gasteiger partial charge is 0.136 e. The number of furan rings is 2. The first-order valence-corrected chi connectivity index (χ1v) is 46.6. The van der Waals surface area contributed by atoms with Crippen LogP contribution in [0.25, 0.3) is 300 Å². The zero-order valence-electron chi connectivity index (χ0n) is 70.7. The van der Waals surface area contributed by atoms with E-state index in [0.717, 1.165) is 71.3 Å². The zero-order valence-corrected chi connectivity index (χ0v) is 72.3. The molecule has 32 aromatic rings. The number of para-hydroxylation sites is 2. The molecule has 608 valence electrons. The second kappa shape index (κ2) is 28.3. The van der Waals surface area contributed by atoms with Crippen molar-refractivity contribution in [3.63, 3.8) is 0 Å². The highest BCUT2D eigenvalue weighted by Crippen LogP contribution is 2.53. The lowest BCUT2D eigenvalue weighted by Gasteiger charge is -2.15. The second-order valence-electron chi connectivity index (χ2n) is 34.9. The van der Waals surface area contributed by atoms with Crippen molar-refractivity contribution in [1.29, 1.82) is 0 Å². The lowest BCUT2D eigenvalue weighted by molar-refractivity contribution is 0.669. The summed E-state index contributed by atoms with van der Waals surface area (Å²) in [5.41, 5.74) is 7.94. The van der Waals surface area contributed by atoms with E-state index < -0.39 is 0 Å². The molecule has 0 saturated heterocycles. The van der Waals surface area contributed by atoms with Gasteiger partial charge in [0, 0.05) is 151 Å². The number of pyridine rings is 4. The molecule has 0 N–H and O–H groups in total. The van der Waals surface area contributed by atoms with Gasteiger partial charge < -0.3 is 8.83 Å². The fraction of sp³-hybridized carbons (Fsp3) is 0. The molecule has 0 spiro atoms. The Bertz CT molecular complexity index is 10100. The molecule has 0 bridgehead atoms. The number of benzene rings is 24. The topological polar surface area (TPSA) is 77.8 Å². The van der Waals surface area contributed by atoms with Gasteiger partial charge in [0.05, 0.1) is 22.1 Å². The Kier molecular flexibility index (Phi) is 15.7. The van der Waals surface area contributed by atoms with Gasteiger partial charge in [-0.3, -0.25) is 19.9 Å². The molecular formula is C124H68N4O2S2. The van der Waals surface area contributed by atoms with E-state index in [9.17, 15) is 0 Å². The predicted octanol–water partition coefficient (Wildman–Crippen LogP) is 35.9. The first kappa shape index (κ1) is 73.2. The molecule has 0 atom stereocenters. The van der Waals surface area contributed by atoms with Gasteiger partial charge in [-0.1, -0.05) is 291 Å². The number of aromatic nitrogens is 4. The summed E-state index contributed by atoms with van der Waals surface area (Å²) in [6, 6.07) is 140. The Labute approximate surface area is 758 Å². The molecular weight excluding hydrogens is 1640 g/mol. The summed E-state index contributed by atoms with van der Waals surface area (Å²) in [7, 11) is 0. The Morgan fingerprint density at radius 3 is 0.674 bits per heavy atom. The van der Waals surface area contributed by atoms with Gasteiger partial charge in [0.1, 0.15) is 22.3 Å². The Morgan fingerprint density at radius 1 is 0.129 bits per heavy atom. The van der Waals surface area contributed by atoms with Crippen LogP contribution in [0.4, 0.5) is 0 Å². The van der Waals surface area contributed by atoms with Gasteiger partial charge in [0.15, 0.2) is 0 Å². The molecule has 32 rings (SSSR count). The minimum Gasteiger partial charge on any atom is -0.456 e. The van der Waals surface area contributed by atoms with Crippen molar-refractivity contribution in [1.82, 2.24) is 19.9 Å². The highest BCUT2D eigenvalue weighted by molar-refractivity contribution is 7.26. The molecule has 8 heteroatoms. The van der Waals surface area contributed by atoms with E-state index in [1.54, 1.807) is 0 Å². The van der Waals surface area contributed by atoms with Gasteiger partial charge >= 0.3 is 0 Å². The summed E-state index contributed by atoms with van der Waals surface area (Å²) in [5.74, 6) is 0. The van der Waals surface area contributed by atoms with E-state index in [1.165, 1.54) is 229 Å². The van der Waals surface area contributed by atoms with Gasteiger partial charge in [-0.25, -0.2) is 0 Å². The molecule has 8 heterocycles. The van der Waals surface area contributed by atoms with Crippen molar-refractivity contribution in [3.8, 4) is 0 Å². The molecule has 8 aromatic heterocycles.